The van der Waals surface area contributed by atoms with Gasteiger partial charge in [-0.3, -0.25) is 19.6 Å². The number of hydrogen-bond donors (Lipinski definition) is 0. The molecule has 0 unspecified atom stereocenters. The van der Waals surface area contributed by atoms with Crippen molar-refractivity contribution in [3.05, 3.63) is 101 Å². The lowest BCUT2D eigenvalue weighted by atomic mass is 9.73. The molecule has 1 amide bonds. The molecule has 0 aliphatic carbocycles. The van der Waals surface area contributed by atoms with E-state index in [1.54, 1.807) is 11.3 Å². The van der Waals surface area contributed by atoms with Crippen molar-refractivity contribution in [3.8, 4) is 11.1 Å². The minimum atomic E-state index is -0.446. The summed E-state index contributed by atoms with van der Waals surface area (Å²) in [6.45, 7) is 4.74. The van der Waals surface area contributed by atoms with Gasteiger partial charge in [0.25, 0.3) is 0 Å². The molecule has 6 rings (SSSR count). The molecule has 0 radical (unpaired) electrons. The van der Waals surface area contributed by atoms with Gasteiger partial charge in [-0.1, -0.05) is 36.4 Å². The highest BCUT2D eigenvalue weighted by Crippen LogP contribution is 2.50. The molecule has 170 valence electrons. The number of likely N-dealkylation sites (tertiary alicyclic amines) is 1. The van der Waals surface area contributed by atoms with Crippen LogP contribution >= 0.6 is 11.3 Å². The van der Waals surface area contributed by atoms with Crippen LogP contribution in [0.4, 0.5) is 11.4 Å². The molecule has 0 N–H and O–H groups in total. The molecule has 5 heteroatoms. The zero-order valence-electron chi connectivity index (χ0n) is 19.3. The van der Waals surface area contributed by atoms with Crippen molar-refractivity contribution in [1.82, 2.24) is 9.88 Å². The first-order chi connectivity index (χ1) is 16.7. The molecule has 4 nitrogen and oxygen atoms in total. The van der Waals surface area contributed by atoms with Gasteiger partial charge in [-0.2, -0.15) is 11.3 Å². The first-order valence-electron chi connectivity index (χ1n) is 11.9. The van der Waals surface area contributed by atoms with Gasteiger partial charge in [0.1, 0.15) is 0 Å². The molecule has 0 bridgehead atoms. The number of anilines is 2. The van der Waals surface area contributed by atoms with Crippen LogP contribution in [0, 0.1) is 6.92 Å². The highest BCUT2D eigenvalue weighted by molar-refractivity contribution is 7.08. The summed E-state index contributed by atoms with van der Waals surface area (Å²) >= 11 is 1.70. The van der Waals surface area contributed by atoms with Crippen LogP contribution in [0.25, 0.3) is 11.1 Å². The van der Waals surface area contributed by atoms with E-state index in [1.165, 1.54) is 22.3 Å². The summed E-state index contributed by atoms with van der Waals surface area (Å²) in [6.07, 6.45) is 3.53. The largest absolute Gasteiger partial charge is 0.297 e. The predicted octanol–water partition coefficient (Wildman–Crippen LogP) is 6.33. The van der Waals surface area contributed by atoms with Crippen LogP contribution in [-0.2, 0) is 16.8 Å². The van der Waals surface area contributed by atoms with Crippen molar-refractivity contribution in [2.24, 2.45) is 0 Å². The van der Waals surface area contributed by atoms with Gasteiger partial charge in [0, 0.05) is 18.4 Å². The summed E-state index contributed by atoms with van der Waals surface area (Å²) in [7, 11) is 0. The Kier molecular flexibility index (Phi) is 5.31. The molecule has 1 fully saturated rings. The molecule has 0 atom stereocenters. The van der Waals surface area contributed by atoms with Gasteiger partial charge in [0.2, 0.25) is 5.91 Å². The number of rotatable bonds is 4. The number of piperidine rings is 1. The van der Waals surface area contributed by atoms with Crippen LogP contribution in [0.2, 0.25) is 0 Å². The molecule has 4 heterocycles. The zero-order chi connectivity index (χ0) is 23.1. The Morgan fingerprint density at radius 1 is 0.941 bits per heavy atom. The summed E-state index contributed by atoms with van der Waals surface area (Å²) in [5.41, 5.74) is 7.46. The number of hydrogen-bond acceptors (Lipinski definition) is 4. The predicted molar refractivity (Wildman–Crippen MR) is 139 cm³/mol. The van der Waals surface area contributed by atoms with Gasteiger partial charge >= 0.3 is 0 Å². The summed E-state index contributed by atoms with van der Waals surface area (Å²) < 4.78 is 0. The van der Waals surface area contributed by atoms with Gasteiger partial charge in [-0.25, -0.2) is 0 Å². The summed E-state index contributed by atoms with van der Waals surface area (Å²) in [5.74, 6) is 0.214. The molecular weight excluding hydrogens is 438 g/mol. The number of aromatic nitrogens is 1. The van der Waals surface area contributed by atoms with Crippen molar-refractivity contribution < 1.29 is 4.79 Å². The molecule has 1 spiro atoms. The molecule has 2 aliphatic rings. The van der Waals surface area contributed by atoms with E-state index in [9.17, 15) is 4.79 Å². The SMILES string of the molecule is Cc1cccnc1CN1CCC2(CC1)C(=O)N(c1ccc(-c3ccsc3)cc1)c1ccccc12. The Morgan fingerprint density at radius 3 is 2.47 bits per heavy atom. The topological polar surface area (TPSA) is 36.4 Å². The fraction of sp³-hybridized carbons (Fsp3) is 0.241. The fourth-order valence-electron chi connectivity index (χ4n) is 5.47. The van der Waals surface area contributed by atoms with Crippen LogP contribution in [0.3, 0.4) is 0 Å². The molecule has 2 aliphatic heterocycles. The number of benzene rings is 2. The first kappa shape index (κ1) is 21.3. The van der Waals surface area contributed by atoms with Gasteiger partial charge in [0.05, 0.1) is 16.8 Å². The number of nitrogens with zero attached hydrogens (tertiary/aromatic N) is 3. The van der Waals surface area contributed by atoms with Crippen molar-refractivity contribution in [2.45, 2.75) is 31.7 Å². The maximum absolute atomic E-state index is 14.1. The second-order valence-corrected chi connectivity index (χ2v) is 10.1. The minimum absolute atomic E-state index is 0.214. The molecule has 4 aromatic rings. The Morgan fingerprint density at radius 2 is 1.74 bits per heavy atom. The van der Waals surface area contributed by atoms with Crippen LogP contribution in [0.1, 0.15) is 29.7 Å². The fourth-order valence-corrected chi connectivity index (χ4v) is 6.14. The number of amides is 1. The number of carbonyl (C=O) groups is 1. The van der Waals surface area contributed by atoms with Crippen molar-refractivity contribution >= 4 is 28.6 Å². The van der Waals surface area contributed by atoms with Gasteiger partial charge in [0.15, 0.2) is 0 Å². The molecule has 0 saturated carbocycles. The van der Waals surface area contributed by atoms with Crippen molar-refractivity contribution in [2.75, 3.05) is 18.0 Å². The lowest BCUT2D eigenvalue weighted by Gasteiger charge is -2.38. The van der Waals surface area contributed by atoms with E-state index < -0.39 is 5.41 Å². The van der Waals surface area contributed by atoms with E-state index in [2.05, 4.69) is 82.2 Å². The van der Waals surface area contributed by atoms with Crippen LogP contribution < -0.4 is 4.90 Å². The van der Waals surface area contributed by atoms with E-state index >= 15 is 0 Å². The van der Waals surface area contributed by atoms with Crippen molar-refractivity contribution in [3.63, 3.8) is 0 Å². The monoisotopic (exact) mass is 465 g/mol. The Balaban J connectivity index is 1.27. The van der Waals surface area contributed by atoms with Crippen LogP contribution in [-0.4, -0.2) is 28.9 Å². The third kappa shape index (κ3) is 3.47. The Bertz CT molecular complexity index is 1320. The standard InChI is InChI=1S/C29H27N3OS/c1-21-5-4-15-30-26(21)19-31-16-13-29(14-17-31)25-6-2-3-7-27(25)32(28(29)33)24-10-8-22(9-11-24)23-12-18-34-20-23/h2-12,15,18,20H,13-14,16-17,19H2,1H3. The van der Waals surface area contributed by atoms with Gasteiger partial charge in [-0.05, 0) is 96.2 Å². The smallest absolute Gasteiger partial charge is 0.242 e. The van der Waals surface area contributed by atoms with E-state index in [1.807, 2.05) is 23.2 Å². The minimum Gasteiger partial charge on any atom is -0.297 e. The normalized spacial score (nSPS) is 17.3. The quantitative estimate of drug-likeness (QED) is 0.353. The number of carbonyl (C=O) groups excluding carboxylic acids is 1. The third-order valence-corrected chi connectivity index (χ3v) is 8.14. The second-order valence-electron chi connectivity index (χ2n) is 9.34. The Hall–Kier alpha value is -3.28. The van der Waals surface area contributed by atoms with E-state index in [4.69, 9.17) is 0 Å². The summed E-state index contributed by atoms with van der Waals surface area (Å²) in [6, 6.07) is 23.0. The number of thiophene rings is 1. The lowest BCUT2D eigenvalue weighted by Crippen LogP contribution is -2.47. The highest BCUT2D eigenvalue weighted by Gasteiger charge is 2.52. The third-order valence-electron chi connectivity index (χ3n) is 7.45. The number of aryl methyl sites for hydroxylation is 1. The van der Waals surface area contributed by atoms with E-state index in [0.29, 0.717) is 0 Å². The van der Waals surface area contributed by atoms with Crippen LogP contribution in [0.5, 0.6) is 0 Å². The number of fused-ring (bicyclic) bond motifs is 2. The Labute approximate surface area is 204 Å². The molecular formula is C29H27N3OS. The zero-order valence-corrected chi connectivity index (χ0v) is 20.1. The second kappa shape index (κ2) is 8.49. The van der Waals surface area contributed by atoms with Gasteiger partial charge < -0.3 is 0 Å². The maximum Gasteiger partial charge on any atom is 0.242 e. The van der Waals surface area contributed by atoms with E-state index in [-0.39, 0.29) is 5.91 Å². The number of para-hydroxylation sites is 1. The van der Waals surface area contributed by atoms with Gasteiger partial charge in [-0.15, -0.1) is 0 Å². The first-order valence-corrected chi connectivity index (χ1v) is 12.8. The number of pyridine rings is 1. The molecule has 2 aromatic carbocycles. The van der Waals surface area contributed by atoms with Crippen molar-refractivity contribution in [1.29, 1.82) is 0 Å². The maximum atomic E-state index is 14.1. The average molecular weight is 466 g/mol. The average Bonchev–Trinajstić information content (AvgIpc) is 3.49. The lowest BCUT2D eigenvalue weighted by molar-refractivity contribution is -0.124. The van der Waals surface area contributed by atoms with Crippen LogP contribution in [0.15, 0.2) is 83.7 Å². The summed E-state index contributed by atoms with van der Waals surface area (Å²) in [5, 5.41) is 4.25. The summed E-state index contributed by atoms with van der Waals surface area (Å²) in [4.78, 5) is 23.0. The molecule has 2 aromatic heterocycles. The molecule has 1 saturated heterocycles. The highest BCUT2D eigenvalue weighted by atomic mass is 32.1. The molecule has 34 heavy (non-hydrogen) atoms. The van der Waals surface area contributed by atoms with E-state index in [0.717, 1.165) is 49.5 Å².